The predicted molar refractivity (Wildman–Crippen MR) is 65.7 cm³/mol. The highest BCUT2D eigenvalue weighted by Gasteiger charge is 2.15. The third kappa shape index (κ3) is 2.13. The number of imidazole rings is 1. The topological polar surface area (TPSA) is 43.8 Å². The number of rotatable bonds is 3. The lowest BCUT2D eigenvalue weighted by Gasteiger charge is -2.10. The minimum Gasteiger partial charge on any atom is -0.330 e. The molecule has 2 aromatic rings. The van der Waals surface area contributed by atoms with Crippen molar-refractivity contribution in [1.82, 2.24) is 9.55 Å². The first kappa shape index (κ1) is 12.7. The van der Waals surface area contributed by atoms with Gasteiger partial charge in [0.1, 0.15) is 5.69 Å². The Morgan fingerprint density at radius 2 is 1.83 bits per heavy atom. The van der Waals surface area contributed by atoms with Crippen molar-refractivity contribution in [3.05, 3.63) is 47.0 Å². The quantitative estimate of drug-likeness (QED) is 0.909. The van der Waals surface area contributed by atoms with E-state index in [-0.39, 0.29) is 5.69 Å². The van der Waals surface area contributed by atoms with Gasteiger partial charge < -0.3 is 5.73 Å². The van der Waals surface area contributed by atoms with Crippen molar-refractivity contribution in [2.75, 3.05) is 6.54 Å². The van der Waals surface area contributed by atoms with Crippen LogP contribution >= 0.6 is 0 Å². The van der Waals surface area contributed by atoms with Gasteiger partial charge in [0, 0.05) is 5.69 Å². The molecule has 0 saturated heterocycles. The predicted octanol–water partition coefficient (Wildman–Crippen LogP) is 2.27. The van der Waals surface area contributed by atoms with Crippen LogP contribution in [0.5, 0.6) is 0 Å². The van der Waals surface area contributed by atoms with E-state index in [4.69, 9.17) is 5.73 Å². The highest BCUT2D eigenvalue weighted by atomic mass is 19.1. The molecule has 1 heterocycles. The van der Waals surface area contributed by atoms with E-state index in [2.05, 4.69) is 4.98 Å². The number of halogens is 2. The molecule has 1 aromatic heterocycles. The summed E-state index contributed by atoms with van der Waals surface area (Å²) in [6.45, 7) is 3.93. The molecule has 0 aliphatic rings. The zero-order valence-corrected chi connectivity index (χ0v) is 10.4. The molecule has 1 aromatic carbocycles. The largest absolute Gasteiger partial charge is 0.330 e. The molecule has 3 nitrogen and oxygen atoms in total. The fourth-order valence-electron chi connectivity index (χ4n) is 1.88. The van der Waals surface area contributed by atoms with E-state index >= 15 is 0 Å². The zero-order valence-electron chi connectivity index (χ0n) is 10.4. The van der Waals surface area contributed by atoms with Crippen molar-refractivity contribution < 1.29 is 8.78 Å². The van der Waals surface area contributed by atoms with Crippen molar-refractivity contribution in [1.29, 1.82) is 0 Å². The Kier molecular flexibility index (Phi) is 3.43. The highest BCUT2D eigenvalue weighted by molar-refractivity contribution is 5.40. The van der Waals surface area contributed by atoms with Gasteiger partial charge in [-0.05, 0) is 44.5 Å². The number of aryl methyl sites for hydroxylation is 1. The third-order valence-electron chi connectivity index (χ3n) is 3.00. The molecule has 0 aliphatic carbocycles. The van der Waals surface area contributed by atoms with E-state index in [1.54, 1.807) is 13.8 Å². The molecular formula is C13H15F2N3. The van der Waals surface area contributed by atoms with Crippen LogP contribution in [0.15, 0.2) is 18.5 Å². The monoisotopic (exact) mass is 251 g/mol. The Bertz CT molecular complexity index is 553. The molecule has 2 N–H and O–H groups in total. The molecular weight excluding hydrogens is 236 g/mol. The van der Waals surface area contributed by atoms with E-state index in [0.717, 1.165) is 11.4 Å². The van der Waals surface area contributed by atoms with Gasteiger partial charge >= 0.3 is 0 Å². The van der Waals surface area contributed by atoms with Crippen LogP contribution in [0.4, 0.5) is 8.78 Å². The fraction of sp³-hybridized carbons (Fsp3) is 0.308. The van der Waals surface area contributed by atoms with Crippen LogP contribution in [0.25, 0.3) is 5.69 Å². The second kappa shape index (κ2) is 4.86. The van der Waals surface area contributed by atoms with E-state index in [1.807, 2.05) is 0 Å². The van der Waals surface area contributed by atoms with Crippen molar-refractivity contribution in [2.45, 2.75) is 20.3 Å². The van der Waals surface area contributed by atoms with Gasteiger partial charge in [-0.3, -0.25) is 4.57 Å². The Balaban J connectivity index is 2.55. The Labute approximate surface area is 104 Å². The van der Waals surface area contributed by atoms with Gasteiger partial charge in [-0.15, -0.1) is 0 Å². The standard InChI is InChI=1S/C13H15F2N3/c1-8-9(2)18(7-17-8)13-11(14)5-10(3-4-16)6-12(13)15/h5-7H,3-4,16H2,1-2H3. The molecule has 0 atom stereocenters. The molecule has 0 unspecified atom stereocenters. The van der Waals surface area contributed by atoms with Gasteiger partial charge in [-0.2, -0.15) is 0 Å². The van der Waals surface area contributed by atoms with Crippen molar-refractivity contribution >= 4 is 0 Å². The van der Waals surface area contributed by atoms with Crippen LogP contribution in [-0.4, -0.2) is 16.1 Å². The summed E-state index contributed by atoms with van der Waals surface area (Å²) in [6, 6.07) is 2.64. The minimum absolute atomic E-state index is 0.0890. The number of benzene rings is 1. The Morgan fingerprint density at radius 3 is 2.28 bits per heavy atom. The lowest BCUT2D eigenvalue weighted by molar-refractivity contribution is 0.564. The minimum atomic E-state index is -0.598. The number of aromatic nitrogens is 2. The fourth-order valence-corrected chi connectivity index (χ4v) is 1.88. The number of hydrogen-bond acceptors (Lipinski definition) is 2. The summed E-state index contributed by atoms with van der Waals surface area (Å²) < 4.78 is 29.4. The molecule has 0 aliphatic heterocycles. The third-order valence-corrected chi connectivity index (χ3v) is 3.00. The zero-order chi connectivity index (χ0) is 13.3. The van der Waals surface area contributed by atoms with Crippen LogP contribution < -0.4 is 5.73 Å². The molecule has 0 bridgehead atoms. The highest BCUT2D eigenvalue weighted by Crippen LogP contribution is 2.22. The Hall–Kier alpha value is -1.75. The molecule has 5 heteroatoms. The molecule has 96 valence electrons. The van der Waals surface area contributed by atoms with Gasteiger partial charge in [0.15, 0.2) is 11.6 Å². The van der Waals surface area contributed by atoms with E-state index < -0.39 is 11.6 Å². The van der Waals surface area contributed by atoms with E-state index in [9.17, 15) is 8.78 Å². The van der Waals surface area contributed by atoms with Gasteiger partial charge in [0.25, 0.3) is 0 Å². The summed E-state index contributed by atoms with van der Waals surface area (Å²) in [6.07, 6.45) is 1.88. The van der Waals surface area contributed by atoms with E-state index in [1.165, 1.54) is 23.0 Å². The maximum Gasteiger partial charge on any atom is 0.150 e. The maximum atomic E-state index is 14.0. The number of nitrogens with two attached hydrogens (primary N) is 1. The number of hydrogen-bond donors (Lipinski definition) is 1. The number of nitrogens with zero attached hydrogens (tertiary/aromatic N) is 2. The first-order chi connectivity index (χ1) is 8.54. The second-order valence-corrected chi connectivity index (χ2v) is 4.23. The molecule has 0 saturated carbocycles. The van der Waals surface area contributed by atoms with E-state index in [0.29, 0.717) is 18.5 Å². The molecule has 2 rings (SSSR count). The summed E-state index contributed by atoms with van der Waals surface area (Å²) >= 11 is 0. The lowest BCUT2D eigenvalue weighted by atomic mass is 10.1. The first-order valence-electron chi connectivity index (χ1n) is 5.73. The van der Waals surface area contributed by atoms with Gasteiger partial charge in [0.2, 0.25) is 0 Å². The molecule has 0 fully saturated rings. The summed E-state index contributed by atoms with van der Waals surface area (Å²) in [5, 5.41) is 0. The molecule has 0 radical (unpaired) electrons. The van der Waals surface area contributed by atoms with Crippen molar-refractivity contribution in [2.24, 2.45) is 5.73 Å². The normalized spacial score (nSPS) is 10.9. The smallest absolute Gasteiger partial charge is 0.150 e. The molecule has 0 amide bonds. The SMILES string of the molecule is Cc1ncn(-c2c(F)cc(CCN)cc2F)c1C. The van der Waals surface area contributed by atoms with Crippen LogP contribution in [0.1, 0.15) is 17.0 Å². The summed E-state index contributed by atoms with van der Waals surface area (Å²) in [5.41, 5.74) is 7.32. The van der Waals surface area contributed by atoms with Crippen LogP contribution in [0.2, 0.25) is 0 Å². The Morgan fingerprint density at radius 1 is 1.22 bits per heavy atom. The van der Waals surface area contributed by atoms with Crippen molar-refractivity contribution in [3.63, 3.8) is 0 Å². The van der Waals surface area contributed by atoms with Gasteiger partial charge in [-0.1, -0.05) is 0 Å². The summed E-state index contributed by atoms with van der Waals surface area (Å²) in [4.78, 5) is 4.04. The summed E-state index contributed by atoms with van der Waals surface area (Å²) in [5.74, 6) is -1.20. The van der Waals surface area contributed by atoms with Crippen molar-refractivity contribution in [3.8, 4) is 5.69 Å². The van der Waals surface area contributed by atoms with Crippen LogP contribution in [-0.2, 0) is 6.42 Å². The van der Waals surface area contributed by atoms with Gasteiger partial charge in [-0.25, -0.2) is 13.8 Å². The molecule has 18 heavy (non-hydrogen) atoms. The maximum absolute atomic E-state index is 14.0. The average Bonchev–Trinajstić information content (AvgIpc) is 2.61. The molecule has 0 spiro atoms. The second-order valence-electron chi connectivity index (χ2n) is 4.23. The summed E-state index contributed by atoms with van der Waals surface area (Å²) in [7, 11) is 0. The lowest BCUT2D eigenvalue weighted by Crippen LogP contribution is -2.07. The average molecular weight is 251 g/mol. The van der Waals surface area contributed by atoms with Crippen LogP contribution in [0.3, 0.4) is 0 Å². The van der Waals surface area contributed by atoms with Gasteiger partial charge in [0.05, 0.1) is 12.0 Å². The first-order valence-corrected chi connectivity index (χ1v) is 5.73. The van der Waals surface area contributed by atoms with Crippen LogP contribution in [0, 0.1) is 25.5 Å².